The summed E-state index contributed by atoms with van der Waals surface area (Å²) in [5.74, 6) is 0.648. The number of hydrogen-bond acceptors (Lipinski definition) is 4. The second kappa shape index (κ2) is 6.19. The molecule has 0 bridgehead atoms. The number of aromatic nitrogens is 2. The zero-order chi connectivity index (χ0) is 16.8. The van der Waals surface area contributed by atoms with Gasteiger partial charge in [0.15, 0.2) is 0 Å². The normalized spacial score (nSPS) is 34.5. The maximum Gasteiger partial charge on any atom is 0.0699 e. The van der Waals surface area contributed by atoms with Crippen molar-refractivity contribution in [1.82, 2.24) is 20.0 Å². The van der Waals surface area contributed by atoms with Crippen LogP contribution in [-0.2, 0) is 13.6 Å². The van der Waals surface area contributed by atoms with Gasteiger partial charge < -0.3 is 10.4 Å². The molecular formula is C18H32N4O. The van der Waals surface area contributed by atoms with Crippen molar-refractivity contribution in [3.05, 3.63) is 17.5 Å². The van der Waals surface area contributed by atoms with Crippen LogP contribution in [0.15, 0.2) is 6.20 Å². The third kappa shape index (κ3) is 2.94. The Morgan fingerprint density at radius 1 is 1.43 bits per heavy atom. The molecule has 2 unspecified atom stereocenters. The summed E-state index contributed by atoms with van der Waals surface area (Å²) in [5, 5.41) is 18.6. The van der Waals surface area contributed by atoms with E-state index in [0.29, 0.717) is 17.4 Å². The first kappa shape index (κ1) is 16.9. The summed E-state index contributed by atoms with van der Waals surface area (Å²) in [5.41, 5.74) is 2.61. The van der Waals surface area contributed by atoms with Crippen LogP contribution in [0.3, 0.4) is 0 Å². The Labute approximate surface area is 140 Å². The second-order valence-electron chi connectivity index (χ2n) is 7.99. The average molecular weight is 320 g/mol. The molecule has 1 spiro atoms. The fourth-order valence-electron chi connectivity index (χ4n) is 5.17. The fourth-order valence-corrected chi connectivity index (χ4v) is 5.17. The Hall–Kier alpha value is -0.910. The molecular weight excluding hydrogens is 288 g/mol. The molecule has 0 radical (unpaired) electrons. The zero-order valence-corrected chi connectivity index (χ0v) is 15.2. The lowest BCUT2D eigenvalue weighted by Crippen LogP contribution is -2.65. The predicted molar refractivity (Wildman–Crippen MR) is 92.1 cm³/mol. The Balaban J connectivity index is 1.64. The van der Waals surface area contributed by atoms with Crippen molar-refractivity contribution < 1.29 is 5.11 Å². The Morgan fingerprint density at radius 3 is 2.74 bits per heavy atom. The predicted octanol–water partition coefficient (Wildman–Crippen LogP) is 1.69. The van der Waals surface area contributed by atoms with Gasteiger partial charge in [-0.3, -0.25) is 9.58 Å². The summed E-state index contributed by atoms with van der Waals surface area (Å²) in [6.07, 6.45) is 3.87. The maximum absolute atomic E-state index is 10.6. The highest BCUT2D eigenvalue weighted by Gasteiger charge is 2.58. The van der Waals surface area contributed by atoms with Gasteiger partial charge in [0, 0.05) is 49.4 Å². The third-order valence-corrected chi connectivity index (χ3v) is 5.95. The van der Waals surface area contributed by atoms with E-state index in [1.807, 2.05) is 18.7 Å². The van der Waals surface area contributed by atoms with Gasteiger partial charge in [-0.15, -0.1) is 0 Å². The molecule has 2 fully saturated rings. The maximum atomic E-state index is 10.6. The van der Waals surface area contributed by atoms with E-state index in [9.17, 15) is 5.11 Å². The first-order valence-electron chi connectivity index (χ1n) is 9.01. The van der Waals surface area contributed by atoms with Crippen LogP contribution >= 0.6 is 0 Å². The van der Waals surface area contributed by atoms with Crippen LogP contribution in [0.1, 0.15) is 44.9 Å². The van der Waals surface area contributed by atoms with Crippen LogP contribution in [0.4, 0.5) is 0 Å². The molecule has 1 aromatic heterocycles. The minimum absolute atomic E-state index is 0.204. The molecule has 0 amide bonds. The van der Waals surface area contributed by atoms with Gasteiger partial charge in [0.2, 0.25) is 0 Å². The zero-order valence-electron chi connectivity index (χ0n) is 15.2. The topological polar surface area (TPSA) is 53.3 Å². The van der Waals surface area contributed by atoms with Gasteiger partial charge >= 0.3 is 0 Å². The van der Waals surface area contributed by atoms with E-state index in [2.05, 4.69) is 42.3 Å². The monoisotopic (exact) mass is 320 g/mol. The Morgan fingerprint density at radius 2 is 2.17 bits per heavy atom. The average Bonchev–Trinajstić information content (AvgIpc) is 2.94. The minimum atomic E-state index is -0.229. The molecule has 1 saturated heterocycles. The number of rotatable bonds is 5. The summed E-state index contributed by atoms with van der Waals surface area (Å²) in [6, 6.07) is 0.823. The first-order chi connectivity index (χ1) is 10.9. The Kier molecular flexibility index (Phi) is 4.55. The van der Waals surface area contributed by atoms with E-state index in [0.717, 1.165) is 38.2 Å². The molecule has 1 aliphatic heterocycles. The highest BCUT2D eigenvalue weighted by atomic mass is 16.3. The molecule has 1 aromatic rings. The smallest absolute Gasteiger partial charge is 0.0699 e. The van der Waals surface area contributed by atoms with Crippen molar-refractivity contribution in [3.8, 4) is 0 Å². The quantitative estimate of drug-likeness (QED) is 0.867. The van der Waals surface area contributed by atoms with Gasteiger partial charge in [-0.1, -0.05) is 20.8 Å². The van der Waals surface area contributed by atoms with Crippen LogP contribution in [-0.4, -0.2) is 51.1 Å². The van der Waals surface area contributed by atoms with Crippen molar-refractivity contribution in [2.75, 3.05) is 13.1 Å². The lowest BCUT2D eigenvalue weighted by molar-refractivity contribution is -0.0964. The van der Waals surface area contributed by atoms with Crippen LogP contribution in [0.5, 0.6) is 0 Å². The van der Waals surface area contributed by atoms with Crippen LogP contribution in [0.2, 0.25) is 0 Å². The van der Waals surface area contributed by atoms with E-state index < -0.39 is 0 Å². The first-order valence-corrected chi connectivity index (χ1v) is 9.01. The van der Waals surface area contributed by atoms with Gasteiger partial charge in [-0.2, -0.15) is 5.10 Å². The molecule has 23 heavy (non-hydrogen) atoms. The van der Waals surface area contributed by atoms with Gasteiger partial charge in [0.1, 0.15) is 0 Å². The fraction of sp³-hybridized carbons (Fsp3) is 0.833. The van der Waals surface area contributed by atoms with E-state index in [4.69, 9.17) is 0 Å². The van der Waals surface area contributed by atoms with Crippen LogP contribution in [0.25, 0.3) is 0 Å². The standard InChI is InChI=1S/C18H32N4O/c1-6-22-11-18(17(22)12(2)3)7-15(16(23)8-18)19-9-14-10-21(5)20-13(14)4/h10,12,15-17,19,23H,6-9,11H2,1-5H3/t15-,16-,17?,18?/m1/s1. The molecule has 0 aromatic carbocycles. The molecule has 3 rings (SSSR count). The van der Waals surface area contributed by atoms with Crippen molar-refractivity contribution in [1.29, 1.82) is 0 Å². The molecule has 4 atom stereocenters. The van der Waals surface area contributed by atoms with Gasteiger partial charge in [-0.05, 0) is 32.2 Å². The minimum Gasteiger partial charge on any atom is -0.391 e. The molecule has 5 heteroatoms. The number of aryl methyl sites for hydroxylation is 2. The summed E-state index contributed by atoms with van der Waals surface area (Å²) in [6.45, 7) is 12.0. The van der Waals surface area contributed by atoms with Crippen molar-refractivity contribution in [2.24, 2.45) is 18.4 Å². The van der Waals surface area contributed by atoms with E-state index in [1.165, 1.54) is 5.56 Å². The number of aliphatic hydroxyl groups is 1. The molecule has 1 aliphatic carbocycles. The van der Waals surface area contributed by atoms with Gasteiger partial charge in [0.05, 0.1) is 11.8 Å². The lowest BCUT2D eigenvalue weighted by atomic mass is 9.65. The number of nitrogens with zero attached hydrogens (tertiary/aromatic N) is 3. The molecule has 130 valence electrons. The molecule has 5 nitrogen and oxygen atoms in total. The molecule has 2 heterocycles. The Bertz CT molecular complexity index is 555. The van der Waals surface area contributed by atoms with Crippen molar-refractivity contribution in [3.63, 3.8) is 0 Å². The van der Waals surface area contributed by atoms with E-state index in [-0.39, 0.29) is 12.1 Å². The summed E-state index contributed by atoms with van der Waals surface area (Å²) in [4.78, 5) is 2.57. The highest BCUT2D eigenvalue weighted by Crippen LogP contribution is 2.52. The summed E-state index contributed by atoms with van der Waals surface area (Å²) < 4.78 is 1.86. The van der Waals surface area contributed by atoms with Crippen LogP contribution in [0, 0.1) is 18.3 Å². The van der Waals surface area contributed by atoms with Crippen molar-refractivity contribution >= 4 is 0 Å². The van der Waals surface area contributed by atoms with E-state index in [1.54, 1.807) is 0 Å². The lowest BCUT2D eigenvalue weighted by Gasteiger charge is -2.58. The number of likely N-dealkylation sites (tertiary alicyclic amines) is 1. The summed E-state index contributed by atoms with van der Waals surface area (Å²) in [7, 11) is 1.96. The number of nitrogens with one attached hydrogen (secondary N) is 1. The molecule has 1 saturated carbocycles. The third-order valence-electron chi connectivity index (χ3n) is 5.95. The number of aliphatic hydroxyl groups excluding tert-OH is 1. The van der Waals surface area contributed by atoms with Crippen molar-refractivity contribution in [2.45, 2.75) is 65.3 Å². The molecule has 2 aliphatic rings. The number of hydrogen-bond donors (Lipinski definition) is 2. The SMILES string of the molecule is CCN1CC2(C[C@@H](O)[C@H](NCc3cn(C)nc3C)C2)C1C(C)C. The summed E-state index contributed by atoms with van der Waals surface area (Å²) >= 11 is 0. The second-order valence-corrected chi connectivity index (χ2v) is 7.99. The van der Waals surface area contributed by atoms with E-state index >= 15 is 0 Å². The van der Waals surface area contributed by atoms with Gasteiger partial charge in [-0.25, -0.2) is 0 Å². The largest absolute Gasteiger partial charge is 0.391 e. The highest BCUT2D eigenvalue weighted by molar-refractivity contribution is 5.16. The van der Waals surface area contributed by atoms with Crippen LogP contribution < -0.4 is 5.32 Å². The van der Waals surface area contributed by atoms with Gasteiger partial charge in [0.25, 0.3) is 0 Å². The molecule has 2 N–H and O–H groups in total.